The molecule has 2 aromatic carbocycles. The van der Waals surface area contributed by atoms with Gasteiger partial charge in [0.25, 0.3) is 5.91 Å². The number of amides is 1. The van der Waals surface area contributed by atoms with E-state index in [2.05, 4.69) is 11.8 Å². The van der Waals surface area contributed by atoms with E-state index in [0.717, 1.165) is 23.7 Å². The van der Waals surface area contributed by atoms with Crippen molar-refractivity contribution in [3.63, 3.8) is 0 Å². The zero-order valence-corrected chi connectivity index (χ0v) is 14.4. The molecule has 0 bridgehead atoms. The van der Waals surface area contributed by atoms with Gasteiger partial charge in [0.05, 0.1) is 5.56 Å². The predicted molar refractivity (Wildman–Crippen MR) is 95.5 cm³/mol. The van der Waals surface area contributed by atoms with E-state index >= 15 is 0 Å². The molecule has 1 aliphatic rings. The van der Waals surface area contributed by atoms with Crippen molar-refractivity contribution in [2.24, 2.45) is 0 Å². The lowest BCUT2D eigenvalue weighted by molar-refractivity contribution is 0.0579. The zero-order valence-electron chi connectivity index (χ0n) is 13.7. The molecule has 1 atom stereocenters. The number of rotatable bonds is 3. The molecule has 2 aromatic rings. The van der Waals surface area contributed by atoms with Crippen LogP contribution in [-0.2, 0) is 0 Å². The average Bonchev–Trinajstić information content (AvgIpc) is 2.61. The third kappa shape index (κ3) is 3.40. The second-order valence-electron chi connectivity index (χ2n) is 6.04. The SMILES string of the molecule is CC(c1ccccc1Cl)N1CCN(C(=O)c2ccccc2O)CC1. The number of halogens is 1. The van der Waals surface area contributed by atoms with E-state index in [1.54, 1.807) is 29.2 Å². The molecule has 0 saturated carbocycles. The van der Waals surface area contributed by atoms with E-state index in [1.807, 2.05) is 24.3 Å². The molecule has 126 valence electrons. The molecule has 24 heavy (non-hydrogen) atoms. The molecule has 5 heteroatoms. The van der Waals surface area contributed by atoms with E-state index in [4.69, 9.17) is 11.6 Å². The number of carbonyl (C=O) groups excluding carboxylic acids is 1. The number of phenolic OH excluding ortho intramolecular Hbond substituents is 1. The van der Waals surface area contributed by atoms with Gasteiger partial charge in [0.1, 0.15) is 5.75 Å². The van der Waals surface area contributed by atoms with Crippen LogP contribution >= 0.6 is 11.6 Å². The first-order valence-electron chi connectivity index (χ1n) is 8.13. The highest BCUT2D eigenvalue weighted by atomic mass is 35.5. The summed E-state index contributed by atoms with van der Waals surface area (Å²) in [4.78, 5) is 16.7. The fraction of sp³-hybridized carbons (Fsp3) is 0.316. The van der Waals surface area contributed by atoms with Crippen molar-refractivity contribution in [2.45, 2.75) is 13.0 Å². The van der Waals surface area contributed by atoms with E-state index in [0.29, 0.717) is 18.7 Å². The Morgan fingerprint density at radius 3 is 2.33 bits per heavy atom. The minimum Gasteiger partial charge on any atom is -0.507 e. The molecule has 1 heterocycles. The van der Waals surface area contributed by atoms with Crippen molar-refractivity contribution >= 4 is 17.5 Å². The Balaban J connectivity index is 1.65. The Bertz CT molecular complexity index is 727. The summed E-state index contributed by atoms with van der Waals surface area (Å²) in [5, 5.41) is 10.6. The lowest BCUT2D eigenvalue weighted by Crippen LogP contribution is -2.49. The topological polar surface area (TPSA) is 43.8 Å². The van der Waals surface area contributed by atoms with Crippen LogP contribution in [0.5, 0.6) is 5.75 Å². The lowest BCUT2D eigenvalue weighted by Gasteiger charge is -2.38. The van der Waals surface area contributed by atoms with Crippen LogP contribution in [0.1, 0.15) is 28.9 Å². The third-order valence-electron chi connectivity index (χ3n) is 4.64. The summed E-state index contributed by atoms with van der Waals surface area (Å²) < 4.78 is 0. The van der Waals surface area contributed by atoms with Crippen LogP contribution in [0.25, 0.3) is 0 Å². The second-order valence-corrected chi connectivity index (χ2v) is 6.45. The summed E-state index contributed by atoms with van der Waals surface area (Å²) in [5.74, 6) is -0.0764. The molecule has 1 amide bonds. The molecular formula is C19H21ClN2O2. The molecule has 0 radical (unpaired) electrons. The maximum absolute atomic E-state index is 12.5. The average molecular weight is 345 g/mol. The minimum atomic E-state index is -0.113. The highest BCUT2D eigenvalue weighted by molar-refractivity contribution is 6.31. The van der Waals surface area contributed by atoms with Gasteiger partial charge in [0.15, 0.2) is 0 Å². The van der Waals surface area contributed by atoms with E-state index in [-0.39, 0.29) is 17.7 Å². The Morgan fingerprint density at radius 1 is 1.04 bits per heavy atom. The number of carbonyl (C=O) groups is 1. The summed E-state index contributed by atoms with van der Waals surface area (Å²) in [7, 11) is 0. The summed E-state index contributed by atoms with van der Waals surface area (Å²) in [6.45, 7) is 4.99. The smallest absolute Gasteiger partial charge is 0.257 e. The Hall–Kier alpha value is -2.04. The van der Waals surface area contributed by atoms with Gasteiger partial charge in [-0.3, -0.25) is 9.69 Å². The van der Waals surface area contributed by atoms with Gasteiger partial charge < -0.3 is 10.0 Å². The van der Waals surface area contributed by atoms with Gasteiger partial charge in [-0.15, -0.1) is 0 Å². The molecule has 0 aliphatic carbocycles. The van der Waals surface area contributed by atoms with Gasteiger partial charge in [-0.2, -0.15) is 0 Å². The number of para-hydroxylation sites is 1. The maximum atomic E-state index is 12.5. The largest absolute Gasteiger partial charge is 0.507 e. The number of phenols is 1. The lowest BCUT2D eigenvalue weighted by atomic mass is 10.1. The normalized spacial score (nSPS) is 16.8. The highest BCUT2D eigenvalue weighted by Gasteiger charge is 2.27. The Labute approximate surface area is 147 Å². The van der Waals surface area contributed by atoms with Gasteiger partial charge in [-0.1, -0.05) is 41.9 Å². The molecule has 1 aliphatic heterocycles. The standard InChI is InChI=1S/C19H21ClN2O2/c1-14(15-6-2-4-8-17(15)20)21-10-12-22(13-11-21)19(24)16-7-3-5-9-18(16)23/h2-9,14,23H,10-13H2,1H3. The molecule has 1 unspecified atom stereocenters. The van der Waals surface area contributed by atoms with Crippen molar-refractivity contribution in [1.29, 1.82) is 0 Å². The van der Waals surface area contributed by atoms with Crippen molar-refractivity contribution in [1.82, 2.24) is 9.80 Å². The summed E-state index contributed by atoms with van der Waals surface area (Å²) in [6.07, 6.45) is 0. The predicted octanol–water partition coefficient (Wildman–Crippen LogP) is 3.56. The minimum absolute atomic E-state index is 0.0364. The van der Waals surface area contributed by atoms with Crippen LogP contribution in [-0.4, -0.2) is 47.0 Å². The van der Waals surface area contributed by atoms with Crippen molar-refractivity contribution in [3.05, 3.63) is 64.7 Å². The van der Waals surface area contributed by atoms with Gasteiger partial charge in [-0.05, 0) is 30.7 Å². The monoisotopic (exact) mass is 344 g/mol. The first kappa shape index (κ1) is 16.8. The highest BCUT2D eigenvalue weighted by Crippen LogP contribution is 2.28. The van der Waals surface area contributed by atoms with Crippen LogP contribution < -0.4 is 0 Å². The van der Waals surface area contributed by atoms with Crippen LogP contribution in [0.3, 0.4) is 0 Å². The Morgan fingerprint density at radius 2 is 1.67 bits per heavy atom. The van der Waals surface area contributed by atoms with Crippen LogP contribution in [0.4, 0.5) is 0 Å². The number of piperazine rings is 1. The van der Waals surface area contributed by atoms with Crippen molar-refractivity contribution < 1.29 is 9.90 Å². The summed E-state index contributed by atoms with van der Waals surface area (Å²) in [6, 6.07) is 14.8. The van der Waals surface area contributed by atoms with Crippen LogP contribution in [0.2, 0.25) is 5.02 Å². The number of hydrogen-bond donors (Lipinski definition) is 1. The molecule has 3 rings (SSSR count). The van der Waals surface area contributed by atoms with Crippen molar-refractivity contribution in [2.75, 3.05) is 26.2 Å². The van der Waals surface area contributed by atoms with Gasteiger partial charge in [0.2, 0.25) is 0 Å². The van der Waals surface area contributed by atoms with E-state index < -0.39 is 0 Å². The maximum Gasteiger partial charge on any atom is 0.257 e. The van der Waals surface area contributed by atoms with Gasteiger partial charge >= 0.3 is 0 Å². The number of hydrogen-bond acceptors (Lipinski definition) is 3. The van der Waals surface area contributed by atoms with E-state index in [9.17, 15) is 9.90 Å². The number of benzene rings is 2. The Kier molecular flexibility index (Phi) is 5.07. The molecule has 4 nitrogen and oxygen atoms in total. The molecular weight excluding hydrogens is 324 g/mol. The fourth-order valence-corrected chi connectivity index (χ4v) is 3.44. The van der Waals surface area contributed by atoms with Crippen LogP contribution in [0, 0.1) is 0 Å². The van der Waals surface area contributed by atoms with Gasteiger partial charge in [-0.25, -0.2) is 0 Å². The van der Waals surface area contributed by atoms with E-state index in [1.165, 1.54) is 0 Å². The molecule has 1 fully saturated rings. The number of nitrogens with zero attached hydrogens (tertiary/aromatic N) is 2. The first-order valence-corrected chi connectivity index (χ1v) is 8.51. The van der Waals surface area contributed by atoms with Crippen LogP contribution in [0.15, 0.2) is 48.5 Å². The molecule has 0 spiro atoms. The first-order chi connectivity index (χ1) is 11.6. The second kappa shape index (κ2) is 7.24. The fourth-order valence-electron chi connectivity index (χ4n) is 3.15. The van der Waals surface area contributed by atoms with Gasteiger partial charge in [0, 0.05) is 37.2 Å². The van der Waals surface area contributed by atoms with Crippen molar-refractivity contribution in [3.8, 4) is 5.75 Å². The summed E-state index contributed by atoms with van der Waals surface area (Å²) >= 11 is 6.30. The summed E-state index contributed by atoms with van der Waals surface area (Å²) in [5.41, 5.74) is 1.48. The zero-order chi connectivity index (χ0) is 17.1. The molecule has 0 aromatic heterocycles. The quantitative estimate of drug-likeness (QED) is 0.925. The molecule has 1 N–H and O–H groups in total. The number of aromatic hydroxyl groups is 1. The molecule has 1 saturated heterocycles. The third-order valence-corrected chi connectivity index (χ3v) is 4.98.